The van der Waals surface area contributed by atoms with E-state index < -0.39 is 18.2 Å². The summed E-state index contributed by atoms with van der Waals surface area (Å²) in [5, 5.41) is 30.1. The molecule has 0 spiro atoms. The quantitative estimate of drug-likeness (QED) is 0.425. The van der Waals surface area contributed by atoms with Gasteiger partial charge in [0.1, 0.15) is 11.9 Å². The van der Waals surface area contributed by atoms with Gasteiger partial charge in [-0.05, 0) is 37.7 Å². The molecule has 1 aliphatic heterocycles. The molecule has 0 radical (unpaired) electrons. The number of carboxylic acid groups (broad SMARTS) is 1. The van der Waals surface area contributed by atoms with Crippen molar-refractivity contribution in [2.24, 2.45) is 11.8 Å². The number of aliphatic hydroxyl groups is 2. The van der Waals surface area contributed by atoms with Crippen molar-refractivity contribution in [3.05, 3.63) is 41.5 Å². The lowest BCUT2D eigenvalue weighted by Gasteiger charge is -2.20. The summed E-state index contributed by atoms with van der Waals surface area (Å²) < 4.78 is 6.23. The number of aliphatic hydroxyl groups excluding tert-OH is 2. The average Bonchev–Trinajstić information content (AvgIpc) is 3.22. The summed E-state index contributed by atoms with van der Waals surface area (Å²) in [6.45, 7) is 3.85. The van der Waals surface area contributed by atoms with E-state index in [0.29, 0.717) is 25.7 Å². The van der Waals surface area contributed by atoms with Crippen LogP contribution < -0.4 is 4.74 Å². The lowest BCUT2D eigenvalue weighted by Crippen LogP contribution is -2.20. The molecule has 3 N–H and O–H groups in total. The molecule has 1 heterocycles. The van der Waals surface area contributed by atoms with E-state index >= 15 is 0 Å². The standard InChI is InChI=1S/C25H32O5/c1-3-5-8-16(4-2)20(26)14-13-18-21(27)15-22-24(18)19-11-6-9-17(25(19)30-22)10-7-12-23(28)29/h6,9,11,13-14,16,18,20-22,24,26-27H,4,7-8,10,12,15H2,1-2H3,(H,28,29)/b14-13+/t16?,18?,20-,21-,22+,24+/m1/s1. The van der Waals surface area contributed by atoms with Crippen LogP contribution in [0.15, 0.2) is 30.4 Å². The topological polar surface area (TPSA) is 87.0 Å². The van der Waals surface area contributed by atoms with Gasteiger partial charge in [-0.25, -0.2) is 0 Å². The van der Waals surface area contributed by atoms with Gasteiger partial charge in [-0.15, -0.1) is 11.8 Å². The minimum absolute atomic E-state index is 0.0494. The zero-order chi connectivity index (χ0) is 21.7. The molecule has 2 unspecified atom stereocenters. The van der Waals surface area contributed by atoms with Crippen LogP contribution in [0.25, 0.3) is 0 Å². The third kappa shape index (κ3) is 4.88. The lowest BCUT2D eigenvalue weighted by atomic mass is 9.85. The zero-order valence-electron chi connectivity index (χ0n) is 17.8. The molecule has 6 atom stereocenters. The number of carbonyl (C=O) groups is 1. The summed E-state index contributed by atoms with van der Waals surface area (Å²) in [7, 11) is 0. The molecule has 0 bridgehead atoms. The van der Waals surface area contributed by atoms with Crippen LogP contribution in [0, 0.1) is 23.7 Å². The van der Waals surface area contributed by atoms with Crippen LogP contribution in [0.5, 0.6) is 5.75 Å². The van der Waals surface area contributed by atoms with Gasteiger partial charge in [-0.2, -0.15) is 0 Å². The third-order valence-electron chi connectivity index (χ3n) is 6.40. The number of aryl methyl sites for hydroxylation is 1. The molecule has 5 heteroatoms. The van der Waals surface area contributed by atoms with E-state index in [9.17, 15) is 15.0 Å². The fourth-order valence-corrected chi connectivity index (χ4v) is 4.73. The van der Waals surface area contributed by atoms with Crippen molar-refractivity contribution in [1.82, 2.24) is 0 Å². The van der Waals surface area contributed by atoms with E-state index in [1.54, 1.807) is 6.92 Å². The van der Waals surface area contributed by atoms with Crippen molar-refractivity contribution in [3.63, 3.8) is 0 Å². The second kappa shape index (κ2) is 10.1. The van der Waals surface area contributed by atoms with Crippen molar-refractivity contribution < 1.29 is 24.9 Å². The first-order chi connectivity index (χ1) is 14.5. The zero-order valence-corrected chi connectivity index (χ0v) is 17.8. The molecular formula is C25H32O5. The first kappa shape index (κ1) is 22.4. The monoisotopic (exact) mass is 412 g/mol. The molecule has 1 saturated carbocycles. The van der Waals surface area contributed by atoms with Gasteiger partial charge >= 0.3 is 5.97 Å². The predicted octanol–water partition coefficient (Wildman–Crippen LogP) is 3.68. The molecule has 1 aromatic carbocycles. The number of carboxylic acids is 1. The number of hydrogen-bond donors (Lipinski definition) is 3. The van der Waals surface area contributed by atoms with Gasteiger partial charge in [0.25, 0.3) is 0 Å². The highest BCUT2D eigenvalue weighted by molar-refractivity contribution is 5.66. The Morgan fingerprint density at radius 1 is 1.40 bits per heavy atom. The molecule has 162 valence electrons. The highest BCUT2D eigenvalue weighted by Gasteiger charge is 2.48. The smallest absolute Gasteiger partial charge is 0.303 e. The van der Waals surface area contributed by atoms with E-state index in [2.05, 4.69) is 11.8 Å². The lowest BCUT2D eigenvalue weighted by molar-refractivity contribution is -0.137. The fraction of sp³-hybridized carbons (Fsp3) is 0.560. The first-order valence-corrected chi connectivity index (χ1v) is 10.9. The molecule has 0 aromatic heterocycles. The molecule has 1 fully saturated rings. The second-order valence-corrected chi connectivity index (χ2v) is 8.32. The van der Waals surface area contributed by atoms with Crippen LogP contribution in [0.1, 0.15) is 63.0 Å². The Kier molecular flexibility index (Phi) is 7.58. The Labute approximate surface area is 178 Å². The van der Waals surface area contributed by atoms with Gasteiger partial charge in [-0.1, -0.05) is 37.3 Å². The number of aliphatic carboxylic acids is 1. The maximum Gasteiger partial charge on any atom is 0.303 e. The number of fused-ring (bicyclic) bond motifs is 3. The molecule has 30 heavy (non-hydrogen) atoms. The Bertz CT molecular complexity index is 834. The Balaban J connectivity index is 1.76. The molecule has 5 nitrogen and oxygen atoms in total. The van der Waals surface area contributed by atoms with Gasteiger partial charge in [0.2, 0.25) is 0 Å². The highest BCUT2D eigenvalue weighted by Crippen LogP contribution is 2.52. The Morgan fingerprint density at radius 3 is 2.90 bits per heavy atom. The summed E-state index contributed by atoms with van der Waals surface area (Å²) >= 11 is 0. The molecule has 3 rings (SSSR count). The summed E-state index contributed by atoms with van der Waals surface area (Å²) in [4.78, 5) is 10.8. The van der Waals surface area contributed by atoms with Crippen molar-refractivity contribution >= 4 is 5.97 Å². The normalized spacial score (nSPS) is 26.4. The number of rotatable bonds is 9. The van der Waals surface area contributed by atoms with Crippen LogP contribution >= 0.6 is 0 Å². The minimum atomic E-state index is -0.789. The van der Waals surface area contributed by atoms with Gasteiger partial charge in [0.15, 0.2) is 0 Å². The predicted molar refractivity (Wildman–Crippen MR) is 115 cm³/mol. The van der Waals surface area contributed by atoms with E-state index in [4.69, 9.17) is 9.84 Å². The Morgan fingerprint density at radius 2 is 2.20 bits per heavy atom. The fourth-order valence-electron chi connectivity index (χ4n) is 4.73. The van der Waals surface area contributed by atoms with Crippen molar-refractivity contribution in [3.8, 4) is 17.6 Å². The van der Waals surface area contributed by atoms with Gasteiger partial charge < -0.3 is 20.1 Å². The van der Waals surface area contributed by atoms with Crippen molar-refractivity contribution in [2.45, 2.75) is 76.6 Å². The molecule has 1 aromatic rings. The minimum Gasteiger partial charge on any atom is -0.489 e. The van der Waals surface area contributed by atoms with E-state index in [0.717, 1.165) is 23.3 Å². The van der Waals surface area contributed by atoms with Crippen molar-refractivity contribution in [2.75, 3.05) is 0 Å². The maximum atomic E-state index is 10.8. The number of hydrogen-bond acceptors (Lipinski definition) is 4. The Hall–Kier alpha value is -2.29. The van der Waals surface area contributed by atoms with Gasteiger partial charge in [0, 0.05) is 36.7 Å². The number of para-hydroxylation sites is 1. The summed E-state index contributed by atoms with van der Waals surface area (Å²) in [5.74, 6) is 6.01. The van der Waals surface area contributed by atoms with Crippen LogP contribution in [0.2, 0.25) is 0 Å². The summed E-state index contributed by atoms with van der Waals surface area (Å²) in [6, 6.07) is 6.02. The molecule has 2 aliphatic rings. The van der Waals surface area contributed by atoms with Crippen LogP contribution in [0.4, 0.5) is 0 Å². The van der Waals surface area contributed by atoms with E-state index in [1.807, 2.05) is 37.3 Å². The van der Waals surface area contributed by atoms with Crippen LogP contribution in [-0.4, -0.2) is 39.6 Å². The van der Waals surface area contributed by atoms with Gasteiger partial charge in [0.05, 0.1) is 12.2 Å². The molecule has 1 aliphatic carbocycles. The van der Waals surface area contributed by atoms with E-state index in [-0.39, 0.29) is 30.3 Å². The largest absolute Gasteiger partial charge is 0.489 e. The molecule has 0 saturated heterocycles. The number of benzene rings is 1. The van der Waals surface area contributed by atoms with Gasteiger partial charge in [-0.3, -0.25) is 4.79 Å². The van der Waals surface area contributed by atoms with Crippen LogP contribution in [0.3, 0.4) is 0 Å². The van der Waals surface area contributed by atoms with E-state index in [1.165, 1.54) is 0 Å². The molecule has 0 amide bonds. The second-order valence-electron chi connectivity index (χ2n) is 8.32. The first-order valence-electron chi connectivity index (χ1n) is 10.9. The summed E-state index contributed by atoms with van der Waals surface area (Å²) in [6.07, 6.45) is 6.00. The summed E-state index contributed by atoms with van der Waals surface area (Å²) in [5.41, 5.74) is 2.11. The maximum absolute atomic E-state index is 10.8. The van der Waals surface area contributed by atoms with Crippen molar-refractivity contribution in [1.29, 1.82) is 0 Å². The number of ether oxygens (including phenoxy) is 1. The molecular weight excluding hydrogens is 380 g/mol. The third-order valence-corrected chi connectivity index (χ3v) is 6.40. The van der Waals surface area contributed by atoms with Crippen LogP contribution in [-0.2, 0) is 11.2 Å². The average molecular weight is 413 g/mol. The highest BCUT2D eigenvalue weighted by atomic mass is 16.5. The SMILES string of the molecule is CC#CCC(CC)[C@H](O)/C=C/C1[C@H](O)C[C@@H]2Oc3c(CCCC(=O)O)cccc3[C@H]12.